The Balaban J connectivity index is 1.54. The van der Waals surface area contributed by atoms with Gasteiger partial charge in [0.05, 0.1) is 11.8 Å². The molecular formula is C19H23N3O3. The lowest BCUT2D eigenvalue weighted by molar-refractivity contribution is -0.136. The third-order valence-electron chi connectivity index (χ3n) is 4.90. The summed E-state index contributed by atoms with van der Waals surface area (Å²) in [5.74, 6) is -0.434. The number of aromatic nitrogens is 2. The Kier molecular flexibility index (Phi) is 5.16. The molecule has 0 saturated carbocycles. The van der Waals surface area contributed by atoms with Gasteiger partial charge in [-0.1, -0.05) is 30.3 Å². The minimum atomic E-state index is -1.03. The number of carbonyl (C=O) groups excluding carboxylic acids is 1. The van der Waals surface area contributed by atoms with E-state index in [2.05, 4.69) is 29.4 Å². The second-order valence-corrected chi connectivity index (χ2v) is 6.65. The van der Waals surface area contributed by atoms with E-state index >= 15 is 0 Å². The molecule has 1 amide bonds. The minimum Gasteiger partial charge on any atom is -0.478 e. The van der Waals surface area contributed by atoms with Crippen molar-refractivity contribution >= 4 is 11.9 Å². The molecule has 1 aromatic carbocycles. The number of carboxylic acid groups (broad SMARTS) is 1. The van der Waals surface area contributed by atoms with Crippen molar-refractivity contribution in [1.82, 2.24) is 14.7 Å². The summed E-state index contributed by atoms with van der Waals surface area (Å²) in [6.45, 7) is 3.25. The summed E-state index contributed by atoms with van der Waals surface area (Å²) in [4.78, 5) is 25.5. The zero-order valence-corrected chi connectivity index (χ0v) is 14.3. The lowest BCUT2D eigenvalue weighted by Gasteiger charge is -2.33. The Bertz CT molecular complexity index is 733. The van der Waals surface area contributed by atoms with Crippen LogP contribution < -0.4 is 0 Å². The van der Waals surface area contributed by atoms with Crippen molar-refractivity contribution in [3.05, 3.63) is 53.9 Å². The molecule has 1 aliphatic rings. The van der Waals surface area contributed by atoms with Crippen LogP contribution in [-0.2, 0) is 11.2 Å². The average Bonchev–Trinajstić information content (AvgIpc) is 3.12. The van der Waals surface area contributed by atoms with Gasteiger partial charge in [-0.05, 0) is 37.7 Å². The van der Waals surface area contributed by atoms with Crippen LogP contribution in [0.3, 0.4) is 0 Å². The van der Waals surface area contributed by atoms with Gasteiger partial charge in [0.1, 0.15) is 6.04 Å². The molecule has 25 heavy (non-hydrogen) atoms. The summed E-state index contributed by atoms with van der Waals surface area (Å²) in [5.41, 5.74) is 1.44. The summed E-state index contributed by atoms with van der Waals surface area (Å²) >= 11 is 0. The topological polar surface area (TPSA) is 75.4 Å². The summed E-state index contributed by atoms with van der Waals surface area (Å²) < 4.78 is 1.43. The van der Waals surface area contributed by atoms with Crippen molar-refractivity contribution in [2.75, 3.05) is 13.1 Å². The van der Waals surface area contributed by atoms with Gasteiger partial charge in [-0.3, -0.25) is 9.48 Å². The monoisotopic (exact) mass is 341 g/mol. The van der Waals surface area contributed by atoms with E-state index in [1.165, 1.54) is 22.6 Å². The van der Waals surface area contributed by atoms with Crippen molar-refractivity contribution in [2.45, 2.75) is 32.2 Å². The minimum absolute atomic E-state index is 0.00167. The molecular weight excluding hydrogens is 318 g/mol. The molecule has 6 nitrogen and oxygen atoms in total. The van der Waals surface area contributed by atoms with Crippen LogP contribution in [0.25, 0.3) is 0 Å². The Morgan fingerprint density at radius 3 is 2.52 bits per heavy atom. The number of carbonyl (C=O) groups is 2. The van der Waals surface area contributed by atoms with Crippen molar-refractivity contribution in [2.24, 2.45) is 5.92 Å². The molecule has 0 aliphatic carbocycles. The first-order chi connectivity index (χ1) is 12.0. The number of rotatable bonds is 5. The van der Waals surface area contributed by atoms with E-state index in [-0.39, 0.29) is 11.5 Å². The first-order valence-electron chi connectivity index (χ1n) is 8.64. The molecule has 1 aromatic heterocycles. The maximum atomic E-state index is 12.7. The number of likely N-dealkylation sites (tertiary alicyclic amines) is 1. The highest BCUT2D eigenvalue weighted by Crippen LogP contribution is 2.23. The molecule has 2 heterocycles. The molecule has 1 atom stereocenters. The third kappa shape index (κ3) is 4.07. The Labute approximate surface area is 147 Å². The predicted molar refractivity (Wildman–Crippen MR) is 93.3 cm³/mol. The zero-order chi connectivity index (χ0) is 17.8. The highest BCUT2D eigenvalue weighted by molar-refractivity contribution is 5.87. The van der Waals surface area contributed by atoms with Gasteiger partial charge in [-0.15, -0.1) is 0 Å². The molecule has 1 unspecified atom stereocenters. The summed E-state index contributed by atoms with van der Waals surface area (Å²) in [5, 5.41) is 13.0. The number of nitrogens with zero attached hydrogens (tertiary/aromatic N) is 3. The molecule has 3 rings (SSSR count). The third-order valence-corrected chi connectivity index (χ3v) is 4.90. The van der Waals surface area contributed by atoms with E-state index in [0.29, 0.717) is 5.92 Å². The zero-order valence-electron chi connectivity index (χ0n) is 14.3. The molecule has 1 saturated heterocycles. The fraction of sp³-hybridized carbons (Fsp3) is 0.421. The summed E-state index contributed by atoms with van der Waals surface area (Å²) in [6.07, 6.45) is 5.73. The van der Waals surface area contributed by atoms with Crippen LogP contribution in [0.2, 0.25) is 0 Å². The quantitative estimate of drug-likeness (QED) is 0.907. The maximum absolute atomic E-state index is 12.7. The van der Waals surface area contributed by atoms with E-state index in [0.717, 1.165) is 32.4 Å². The molecule has 6 heteroatoms. The molecule has 1 aliphatic heterocycles. The number of aromatic carboxylic acids is 1. The second-order valence-electron chi connectivity index (χ2n) is 6.65. The molecule has 132 valence electrons. The van der Waals surface area contributed by atoms with E-state index in [9.17, 15) is 9.59 Å². The molecule has 0 bridgehead atoms. The second kappa shape index (κ2) is 7.51. The number of benzene rings is 1. The molecule has 1 N–H and O–H groups in total. The van der Waals surface area contributed by atoms with Crippen LogP contribution in [0.1, 0.15) is 41.7 Å². The number of hydrogen-bond donors (Lipinski definition) is 1. The molecule has 2 aromatic rings. The predicted octanol–water partition coefficient (Wildman–Crippen LogP) is 2.62. The van der Waals surface area contributed by atoms with E-state index in [4.69, 9.17) is 5.11 Å². The lowest BCUT2D eigenvalue weighted by Crippen LogP contribution is -2.42. The fourth-order valence-corrected chi connectivity index (χ4v) is 3.34. The van der Waals surface area contributed by atoms with Crippen LogP contribution in [-0.4, -0.2) is 44.8 Å². The maximum Gasteiger partial charge on any atom is 0.338 e. The smallest absolute Gasteiger partial charge is 0.338 e. The van der Waals surface area contributed by atoms with Crippen LogP contribution in [0, 0.1) is 5.92 Å². The van der Waals surface area contributed by atoms with Gasteiger partial charge in [0.2, 0.25) is 5.91 Å². The van der Waals surface area contributed by atoms with Gasteiger partial charge in [0.25, 0.3) is 0 Å². The number of piperidine rings is 1. The summed E-state index contributed by atoms with van der Waals surface area (Å²) in [6, 6.07) is 9.96. The summed E-state index contributed by atoms with van der Waals surface area (Å²) in [7, 11) is 0. The highest BCUT2D eigenvalue weighted by atomic mass is 16.4. The van der Waals surface area contributed by atoms with E-state index in [1.807, 2.05) is 11.0 Å². The van der Waals surface area contributed by atoms with Crippen LogP contribution in [0.4, 0.5) is 0 Å². The van der Waals surface area contributed by atoms with Gasteiger partial charge in [-0.2, -0.15) is 5.10 Å². The van der Waals surface area contributed by atoms with Crippen LogP contribution >= 0.6 is 0 Å². The van der Waals surface area contributed by atoms with Crippen LogP contribution in [0.5, 0.6) is 0 Å². The van der Waals surface area contributed by atoms with E-state index in [1.54, 1.807) is 6.92 Å². The van der Waals surface area contributed by atoms with Crippen molar-refractivity contribution in [3.63, 3.8) is 0 Å². The molecule has 0 radical (unpaired) electrons. The molecule has 0 spiro atoms. The highest BCUT2D eigenvalue weighted by Gasteiger charge is 2.27. The van der Waals surface area contributed by atoms with Crippen molar-refractivity contribution in [1.29, 1.82) is 0 Å². The lowest BCUT2D eigenvalue weighted by atomic mass is 9.90. The first-order valence-corrected chi connectivity index (χ1v) is 8.64. The number of hydrogen-bond acceptors (Lipinski definition) is 3. The average molecular weight is 341 g/mol. The van der Waals surface area contributed by atoms with Gasteiger partial charge in [0.15, 0.2) is 0 Å². The molecule has 1 fully saturated rings. The number of amides is 1. The fourth-order valence-electron chi connectivity index (χ4n) is 3.34. The van der Waals surface area contributed by atoms with Crippen LogP contribution in [0.15, 0.2) is 42.7 Å². The SMILES string of the molecule is CC(C(=O)N1CCC(Cc2ccccc2)CC1)n1cc(C(=O)O)cn1. The first kappa shape index (κ1) is 17.2. The standard InChI is InChI=1S/C19H23N3O3/c1-14(22-13-17(12-20-22)19(24)25)18(23)21-9-7-16(8-10-21)11-15-5-3-2-4-6-15/h2-6,12-14,16H,7-11H2,1H3,(H,24,25). The van der Waals surface area contributed by atoms with Gasteiger partial charge in [0, 0.05) is 19.3 Å². The van der Waals surface area contributed by atoms with E-state index < -0.39 is 12.0 Å². The Morgan fingerprint density at radius 2 is 1.92 bits per heavy atom. The Morgan fingerprint density at radius 1 is 1.24 bits per heavy atom. The Hall–Kier alpha value is -2.63. The largest absolute Gasteiger partial charge is 0.478 e. The number of carboxylic acids is 1. The normalized spacial score (nSPS) is 16.6. The van der Waals surface area contributed by atoms with Gasteiger partial charge >= 0.3 is 5.97 Å². The van der Waals surface area contributed by atoms with Crippen molar-refractivity contribution in [3.8, 4) is 0 Å². The van der Waals surface area contributed by atoms with Gasteiger partial charge < -0.3 is 10.0 Å². The van der Waals surface area contributed by atoms with Gasteiger partial charge in [-0.25, -0.2) is 4.79 Å². The van der Waals surface area contributed by atoms with Crippen molar-refractivity contribution < 1.29 is 14.7 Å².